The van der Waals surface area contributed by atoms with Gasteiger partial charge in [-0.05, 0) is 30.3 Å². The van der Waals surface area contributed by atoms with Gasteiger partial charge in [-0.25, -0.2) is 9.07 Å². The molecule has 1 aromatic carbocycles. The van der Waals surface area contributed by atoms with Crippen LogP contribution in [0.5, 0.6) is 0 Å². The molecule has 23 heavy (non-hydrogen) atoms. The lowest BCUT2D eigenvalue weighted by Crippen LogP contribution is -2.35. The standard InChI is InChI=1S/C16H22FN5.HI/c1-20(2)16(21(3)4)18-11-9-14-10-12-22(19-14)15-7-5-13(17)6-8-15;/h5-8,10,12H,9,11H2,1-4H3;1H. The fraction of sp³-hybridized carbons (Fsp3) is 0.375. The number of guanidine groups is 1. The van der Waals surface area contributed by atoms with Crippen molar-refractivity contribution in [2.24, 2.45) is 4.99 Å². The van der Waals surface area contributed by atoms with Crippen molar-refractivity contribution in [1.82, 2.24) is 19.6 Å². The topological polar surface area (TPSA) is 36.7 Å². The van der Waals surface area contributed by atoms with Crippen LogP contribution >= 0.6 is 24.0 Å². The Bertz CT molecular complexity index is 624. The Hall–Kier alpha value is -1.64. The maximum absolute atomic E-state index is 12.9. The zero-order valence-electron chi connectivity index (χ0n) is 13.9. The molecule has 0 unspecified atom stereocenters. The van der Waals surface area contributed by atoms with Crippen LogP contribution in [0.15, 0.2) is 41.5 Å². The van der Waals surface area contributed by atoms with Crippen LogP contribution in [0.4, 0.5) is 4.39 Å². The molecule has 2 aromatic rings. The third-order valence-corrected chi connectivity index (χ3v) is 3.16. The van der Waals surface area contributed by atoms with Gasteiger partial charge in [-0.3, -0.25) is 4.99 Å². The van der Waals surface area contributed by atoms with Crippen molar-refractivity contribution >= 4 is 29.9 Å². The summed E-state index contributed by atoms with van der Waals surface area (Å²) in [7, 11) is 7.90. The number of halogens is 2. The minimum Gasteiger partial charge on any atom is -0.349 e. The van der Waals surface area contributed by atoms with Crippen molar-refractivity contribution in [3.8, 4) is 5.69 Å². The van der Waals surface area contributed by atoms with Crippen LogP contribution in [0.3, 0.4) is 0 Å². The molecule has 0 aliphatic carbocycles. The van der Waals surface area contributed by atoms with Gasteiger partial charge in [0.15, 0.2) is 5.96 Å². The minimum absolute atomic E-state index is 0. The van der Waals surface area contributed by atoms with Gasteiger partial charge >= 0.3 is 0 Å². The van der Waals surface area contributed by atoms with Crippen molar-refractivity contribution in [3.05, 3.63) is 48.0 Å². The molecule has 7 heteroatoms. The van der Waals surface area contributed by atoms with Gasteiger partial charge in [0, 0.05) is 47.4 Å². The van der Waals surface area contributed by atoms with Gasteiger partial charge in [-0.1, -0.05) is 0 Å². The molecule has 0 saturated heterocycles. The molecule has 0 radical (unpaired) electrons. The fourth-order valence-electron chi connectivity index (χ4n) is 2.19. The van der Waals surface area contributed by atoms with E-state index in [1.54, 1.807) is 16.8 Å². The fourth-order valence-corrected chi connectivity index (χ4v) is 2.19. The molecule has 0 atom stereocenters. The highest BCUT2D eigenvalue weighted by atomic mass is 127. The van der Waals surface area contributed by atoms with Gasteiger partial charge in [0.25, 0.3) is 0 Å². The zero-order valence-corrected chi connectivity index (χ0v) is 16.2. The van der Waals surface area contributed by atoms with E-state index in [1.165, 1.54) is 12.1 Å². The Labute approximate surface area is 153 Å². The van der Waals surface area contributed by atoms with E-state index in [0.717, 1.165) is 23.8 Å². The lowest BCUT2D eigenvalue weighted by molar-refractivity contribution is 0.479. The van der Waals surface area contributed by atoms with E-state index in [2.05, 4.69) is 10.1 Å². The molecule has 0 bridgehead atoms. The molecule has 0 saturated carbocycles. The van der Waals surface area contributed by atoms with Gasteiger partial charge in [0.1, 0.15) is 5.82 Å². The highest BCUT2D eigenvalue weighted by Gasteiger charge is 2.05. The third kappa shape index (κ3) is 5.49. The Kier molecular flexibility index (Phi) is 7.47. The molecule has 0 spiro atoms. The average molecular weight is 431 g/mol. The third-order valence-electron chi connectivity index (χ3n) is 3.16. The van der Waals surface area contributed by atoms with E-state index in [4.69, 9.17) is 0 Å². The molecule has 0 aliphatic rings. The van der Waals surface area contributed by atoms with Crippen LogP contribution in [0, 0.1) is 5.82 Å². The summed E-state index contributed by atoms with van der Waals surface area (Å²) in [6.07, 6.45) is 2.64. The first-order valence-electron chi connectivity index (χ1n) is 7.17. The maximum atomic E-state index is 12.9. The SMILES string of the molecule is CN(C)C(=NCCc1ccn(-c2ccc(F)cc2)n1)N(C)C.I. The van der Waals surface area contributed by atoms with Crippen LogP contribution in [-0.2, 0) is 6.42 Å². The molecule has 0 fully saturated rings. The summed E-state index contributed by atoms with van der Waals surface area (Å²) < 4.78 is 14.7. The van der Waals surface area contributed by atoms with Crippen molar-refractivity contribution in [1.29, 1.82) is 0 Å². The van der Waals surface area contributed by atoms with Gasteiger partial charge in [0.05, 0.1) is 11.4 Å². The van der Waals surface area contributed by atoms with Crippen LogP contribution in [0.1, 0.15) is 5.69 Å². The predicted molar refractivity (Wildman–Crippen MR) is 102 cm³/mol. The molecular weight excluding hydrogens is 408 g/mol. The second kappa shape index (κ2) is 8.85. The molecule has 126 valence electrons. The van der Waals surface area contributed by atoms with E-state index in [1.807, 2.05) is 50.3 Å². The summed E-state index contributed by atoms with van der Waals surface area (Å²) >= 11 is 0. The van der Waals surface area contributed by atoms with Gasteiger partial charge in [0.2, 0.25) is 0 Å². The lowest BCUT2D eigenvalue weighted by atomic mass is 10.3. The molecule has 1 aromatic heterocycles. The summed E-state index contributed by atoms with van der Waals surface area (Å²) in [5, 5.41) is 4.49. The molecule has 0 N–H and O–H groups in total. The van der Waals surface area contributed by atoms with Gasteiger partial charge in [-0.15, -0.1) is 24.0 Å². The van der Waals surface area contributed by atoms with E-state index in [0.29, 0.717) is 6.54 Å². The number of benzene rings is 1. The predicted octanol–water partition coefficient (Wildman–Crippen LogP) is 2.65. The molecule has 0 aliphatic heterocycles. The molecule has 1 heterocycles. The molecule has 2 rings (SSSR count). The van der Waals surface area contributed by atoms with Gasteiger partial charge < -0.3 is 9.80 Å². The second-order valence-electron chi connectivity index (χ2n) is 5.45. The largest absolute Gasteiger partial charge is 0.349 e. The first-order chi connectivity index (χ1) is 10.5. The van der Waals surface area contributed by atoms with E-state index in [-0.39, 0.29) is 29.8 Å². The zero-order chi connectivity index (χ0) is 16.1. The number of aromatic nitrogens is 2. The van der Waals surface area contributed by atoms with Crippen molar-refractivity contribution < 1.29 is 4.39 Å². The first kappa shape index (κ1) is 19.4. The second-order valence-corrected chi connectivity index (χ2v) is 5.45. The van der Waals surface area contributed by atoms with Gasteiger partial charge in [-0.2, -0.15) is 5.10 Å². The Morgan fingerprint density at radius 2 is 1.70 bits per heavy atom. The van der Waals surface area contributed by atoms with Crippen LogP contribution < -0.4 is 0 Å². The first-order valence-corrected chi connectivity index (χ1v) is 7.17. The highest BCUT2D eigenvalue weighted by Crippen LogP contribution is 2.09. The smallest absolute Gasteiger partial charge is 0.195 e. The number of hydrogen-bond acceptors (Lipinski definition) is 2. The minimum atomic E-state index is -0.245. The Morgan fingerprint density at radius 1 is 1.09 bits per heavy atom. The van der Waals surface area contributed by atoms with Crippen LogP contribution in [-0.4, -0.2) is 60.3 Å². The van der Waals surface area contributed by atoms with Crippen molar-refractivity contribution in [3.63, 3.8) is 0 Å². The monoisotopic (exact) mass is 431 g/mol. The van der Waals surface area contributed by atoms with Crippen molar-refractivity contribution in [2.75, 3.05) is 34.7 Å². The quantitative estimate of drug-likeness (QED) is 0.425. The summed E-state index contributed by atoms with van der Waals surface area (Å²) in [6, 6.07) is 8.24. The van der Waals surface area contributed by atoms with Crippen LogP contribution in [0.25, 0.3) is 5.69 Å². The highest BCUT2D eigenvalue weighted by molar-refractivity contribution is 14.0. The average Bonchev–Trinajstić information content (AvgIpc) is 2.92. The summed E-state index contributed by atoms with van der Waals surface area (Å²) in [5.74, 6) is 0.684. The van der Waals surface area contributed by atoms with E-state index < -0.39 is 0 Å². The number of rotatable bonds is 4. The normalized spacial score (nSPS) is 9.96. The van der Waals surface area contributed by atoms with Crippen LogP contribution in [0.2, 0.25) is 0 Å². The number of aliphatic imine (C=N–C) groups is 1. The number of nitrogens with zero attached hydrogens (tertiary/aromatic N) is 5. The Morgan fingerprint density at radius 3 is 2.26 bits per heavy atom. The Balaban J connectivity index is 0.00000264. The summed E-state index contributed by atoms with van der Waals surface area (Å²) in [6.45, 7) is 0.673. The number of hydrogen-bond donors (Lipinski definition) is 0. The molecular formula is C16H23FIN5. The van der Waals surface area contributed by atoms with E-state index in [9.17, 15) is 4.39 Å². The summed E-state index contributed by atoms with van der Waals surface area (Å²) in [4.78, 5) is 8.55. The van der Waals surface area contributed by atoms with E-state index >= 15 is 0 Å². The lowest BCUT2D eigenvalue weighted by Gasteiger charge is -2.22. The molecule has 5 nitrogen and oxygen atoms in total. The van der Waals surface area contributed by atoms with Crippen molar-refractivity contribution in [2.45, 2.75) is 6.42 Å². The maximum Gasteiger partial charge on any atom is 0.195 e. The summed E-state index contributed by atoms with van der Waals surface area (Å²) in [5.41, 5.74) is 1.81. The molecule has 0 amide bonds.